The van der Waals surface area contributed by atoms with E-state index in [1.165, 1.54) is 23.3 Å². The monoisotopic (exact) mass is 371 g/mol. The minimum atomic E-state index is -0.119. The number of amides is 1. The maximum Gasteiger partial charge on any atom is 0.293 e. The number of unbranched alkanes of at least 4 members (excludes halogenated alkanes) is 1. The quantitative estimate of drug-likeness (QED) is 0.696. The second kappa shape index (κ2) is 6.61. The van der Waals surface area contributed by atoms with Crippen molar-refractivity contribution < 1.29 is 4.79 Å². The average molecular weight is 372 g/mol. The Labute approximate surface area is 157 Å². The molecule has 0 bridgehead atoms. The van der Waals surface area contributed by atoms with E-state index in [9.17, 15) is 4.79 Å². The maximum absolute atomic E-state index is 12.7. The van der Waals surface area contributed by atoms with Gasteiger partial charge in [-0.25, -0.2) is 9.97 Å². The fraction of sp³-hybridized carbons (Fsp3) is 0.579. The molecule has 1 aliphatic carbocycles. The van der Waals surface area contributed by atoms with Gasteiger partial charge < -0.3 is 4.90 Å². The summed E-state index contributed by atoms with van der Waals surface area (Å²) in [6, 6.07) is 0. The van der Waals surface area contributed by atoms with E-state index in [1.54, 1.807) is 20.8 Å². The molecular weight excluding hydrogens is 346 g/mol. The first-order valence-corrected chi connectivity index (χ1v) is 10.3. The first-order valence-electron chi connectivity index (χ1n) is 9.45. The van der Waals surface area contributed by atoms with E-state index >= 15 is 0 Å². The van der Waals surface area contributed by atoms with Gasteiger partial charge in [0, 0.05) is 18.5 Å². The molecule has 1 atom stereocenters. The molecule has 0 spiro atoms. The third-order valence-corrected chi connectivity index (χ3v) is 6.48. The number of aromatic nitrogens is 4. The molecule has 4 rings (SSSR count). The van der Waals surface area contributed by atoms with Crippen LogP contribution in [-0.2, 0) is 6.42 Å². The minimum Gasteiger partial charge on any atom is -0.339 e. The molecule has 3 aromatic heterocycles. The van der Waals surface area contributed by atoms with Gasteiger partial charge in [0.2, 0.25) is 5.82 Å². The Morgan fingerprint density at radius 2 is 2.19 bits per heavy atom. The van der Waals surface area contributed by atoms with Gasteiger partial charge in [0.1, 0.15) is 10.7 Å². The van der Waals surface area contributed by atoms with Crippen molar-refractivity contribution in [2.45, 2.75) is 58.8 Å². The predicted molar refractivity (Wildman–Crippen MR) is 104 cm³/mol. The lowest BCUT2D eigenvalue weighted by atomic mass is 9.87. The number of thiophene rings is 1. The lowest BCUT2D eigenvalue weighted by molar-refractivity contribution is 0.0781. The van der Waals surface area contributed by atoms with Crippen LogP contribution < -0.4 is 0 Å². The standard InChI is InChI=1S/C19H25N5OS/c1-5-6-10-23(4)19(25)16-21-17-15-14-11(2)8-7-9-13(14)26-18(15)20-12(3)24(17)22-16/h11H,5-10H2,1-4H3/t11-/m1/s1. The second-order valence-corrected chi connectivity index (χ2v) is 8.41. The van der Waals surface area contributed by atoms with Crippen molar-refractivity contribution in [1.29, 1.82) is 0 Å². The van der Waals surface area contributed by atoms with Crippen molar-refractivity contribution in [2.24, 2.45) is 0 Å². The Bertz CT molecular complexity index is 989. The third-order valence-electron chi connectivity index (χ3n) is 5.32. The van der Waals surface area contributed by atoms with Crippen LogP contribution in [0.1, 0.15) is 72.3 Å². The van der Waals surface area contributed by atoms with Gasteiger partial charge in [-0.15, -0.1) is 16.4 Å². The highest BCUT2D eigenvalue weighted by Crippen LogP contribution is 2.42. The van der Waals surface area contributed by atoms with E-state index in [0.717, 1.165) is 47.5 Å². The number of nitrogens with zero attached hydrogens (tertiary/aromatic N) is 5. The van der Waals surface area contributed by atoms with E-state index in [2.05, 4.69) is 23.9 Å². The molecule has 0 saturated carbocycles. The van der Waals surface area contributed by atoms with Gasteiger partial charge in [-0.2, -0.15) is 4.52 Å². The fourth-order valence-electron chi connectivity index (χ4n) is 3.84. The second-order valence-electron chi connectivity index (χ2n) is 7.32. The molecule has 3 aromatic rings. The van der Waals surface area contributed by atoms with Crippen LogP contribution >= 0.6 is 11.3 Å². The minimum absolute atomic E-state index is 0.119. The van der Waals surface area contributed by atoms with Crippen LogP contribution in [0, 0.1) is 6.92 Å². The van der Waals surface area contributed by atoms with E-state index in [0.29, 0.717) is 5.92 Å². The number of fused-ring (bicyclic) bond motifs is 5. The number of carbonyl (C=O) groups is 1. The summed E-state index contributed by atoms with van der Waals surface area (Å²) >= 11 is 1.78. The Hall–Kier alpha value is -2.02. The van der Waals surface area contributed by atoms with Crippen LogP contribution in [0.2, 0.25) is 0 Å². The highest BCUT2D eigenvalue weighted by atomic mass is 32.1. The zero-order valence-corrected chi connectivity index (χ0v) is 16.7. The Morgan fingerprint density at radius 3 is 2.96 bits per heavy atom. The van der Waals surface area contributed by atoms with Gasteiger partial charge >= 0.3 is 0 Å². The summed E-state index contributed by atoms with van der Waals surface area (Å²) in [5.41, 5.74) is 2.16. The molecular formula is C19H25N5OS. The summed E-state index contributed by atoms with van der Waals surface area (Å²) in [6.07, 6.45) is 5.58. The Balaban J connectivity index is 1.87. The molecule has 3 heterocycles. The SMILES string of the molecule is CCCCN(C)C(=O)c1nc2c3c4c(sc3nc(C)n2n1)CCC[C@H]4C. The van der Waals surface area contributed by atoms with Crippen molar-refractivity contribution in [3.63, 3.8) is 0 Å². The molecule has 0 unspecified atom stereocenters. The summed E-state index contributed by atoms with van der Waals surface area (Å²) in [7, 11) is 1.82. The average Bonchev–Trinajstić information content (AvgIpc) is 3.21. The highest BCUT2D eigenvalue weighted by molar-refractivity contribution is 7.19. The van der Waals surface area contributed by atoms with Gasteiger partial charge in [0.05, 0.1) is 5.39 Å². The maximum atomic E-state index is 12.7. The third kappa shape index (κ3) is 2.69. The van der Waals surface area contributed by atoms with Crippen molar-refractivity contribution in [1.82, 2.24) is 24.5 Å². The van der Waals surface area contributed by atoms with Crippen LogP contribution in [0.4, 0.5) is 0 Å². The highest BCUT2D eigenvalue weighted by Gasteiger charge is 2.27. The summed E-state index contributed by atoms with van der Waals surface area (Å²) in [4.78, 5) is 26.3. The van der Waals surface area contributed by atoms with Crippen molar-refractivity contribution in [3.05, 3.63) is 22.1 Å². The summed E-state index contributed by atoms with van der Waals surface area (Å²) in [6.45, 7) is 7.05. The predicted octanol–water partition coefficient (Wildman–Crippen LogP) is 3.96. The van der Waals surface area contributed by atoms with Gasteiger partial charge in [0.25, 0.3) is 5.91 Å². The zero-order chi connectivity index (χ0) is 18.4. The fourth-order valence-corrected chi connectivity index (χ4v) is 5.22. The largest absolute Gasteiger partial charge is 0.339 e. The summed E-state index contributed by atoms with van der Waals surface area (Å²) in [5, 5.41) is 5.60. The normalized spacial score (nSPS) is 17.0. The first kappa shape index (κ1) is 17.4. The molecule has 0 saturated heterocycles. The molecule has 26 heavy (non-hydrogen) atoms. The van der Waals surface area contributed by atoms with E-state index in [-0.39, 0.29) is 11.7 Å². The Kier molecular flexibility index (Phi) is 4.42. The summed E-state index contributed by atoms with van der Waals surface area (Å²) in [5.74, 6) is 1.43. The Morgan fingerprint density at radius 1 is 1.38 bits per heavy atom. The number of aryl methyl sites for hydroxylation is 2. The molecule has 138 valence electrons. The molecule has 0 radical (unpaired) electrons. The van der Waals surface area contributed by atoms with Crippen LogP contribution in [0.3, 0.4) is 0 Å². The lowest BCUT2D eigenvalue weighted by Crippen LogP contribution is -2.28. The van der Waals surface area contributed by atoms with Crippen LogP contribution in [0.5, 0.6) is 0 Å². The first-order chi connectivity index (χ1) is 12.5. The van der Waals surface area contributed by atoms with Crippen LogP contribution in [-0.4, -0.2) is 44.0 Å². The van der Waals surface area contributed by atoms with Gasteiger partial charge in [-0.05, 0) is 44.1 Å². The smallest absolute Gasteiger partial charge is 0.293 e. The molecule has 0 N–H and O–H groups in total. The van der Waals surface area contributed by atoms with Gasteiger partial charge in [0.15, 0.2) is 5.65 Å². The van der Waals surface area contributed by atoms with Crippen LogP contribution in [0.15, 0.2) is 0 Å². The number of carbonyl (C=O) groups excluding carboxylic acids is 1. The molecule has 7 heteroatoms. The van der Waals surface area contributed by atoms with E-state index in [1.807, 2.05) is 14.0 Å². The topological polar surface area (TPSA) is 63.4 Å². The van der Waals surface area contributed by atoms with E-state index in [4.69, 9.17) is 4.98 Å². The van der Waals surface area contributed by atoms with Crippen molar-refractivity contribution >= 4 is 33.1 Å². The number of hydrogen-bond donors (Lipinski definition) is 0. The lowest BCUT2D eigenvalue weighted by Gasteiger charge is -2.18. The molecule has 1 aliphatic rings. The van der Waals surface area contributed by atoms with Crippen molar-refractivity contribution in [3.8, 4) is 0 Å². The molecule has 6 nitrogen and oxygen atoms in total. The van der Waals surface area contributed by atoms with Gasteiger partial charge in [-0.3, -0.25) is 4.79 Å². The van der Waals surface area contributed by atoms with E-state index < -0.39 is 0 Å². The number of rotatable bonds is 4. The van der Waals surface area contributed by atoms with Gasteiger partial charge in [-0.1, -0.05) is 20.3 Å². The summed E-state index contributed by atoms with van der Waals surface area (Å²) < 4.78 is 1.75. The molecule has 0 fully saturated rings. The van der Waals surface area contributed by atoms with Crippen molar-refractivity contribution in [2.75, 3.05) is 13.6 Å². The number of hydrogen-bond acceptors (Lipinski definition) is 5. The molecule has 0 aliphatic heterocycles. The zero-order valence-electron chi connectivity index (χ0n) is 15.9. The molecule has 1 amide bonds. The molecule has 0 aromatic carbocycles. The van der Waals surface area contributed by atoms with Crippen LogP contribution in [0.25, 0.3) is 15.9 Å².